The van der Waals surface area contributed by atoms with Gasteiger partial charge >= 0.3 is 0 Å². The van der Waals surface area contributed by atoms with Crippen LogP contribution >= 0.6 is 0 Å². The molecule has 0 spiro atoms. The average Bonchev–Trinajstić information content (AvgIpc) is 2.55. The van der Waals surface area contributed by atoms with Gasteiger partial charge in [-0.3, -0.25) is 0 Å². The van der Waals surface area contributed by atoms with Crippen LogP contribution in [-0.4, -0.2) is 13.2 Å². The van der Waals surface area contributed by atoms with Crippen LogP contribution in [0.15, 0.2) is 48.5 Å². The molecule has 0 unspecified atom stereocenters. The number of benzene rings is 2. The topological polar surface area (TPSA) is 30.5 Å². The van der Waals surface area contributed by atoms with Crippen LogP contribution in [0.25, 0.3) is 0 Å². The van der Waals surface area contributed by atoms with Crippen molar-refractivity contribution in [2.75, 3.05) is 13.2 Å². The van der Waals surface area contributed by atoms with Crippen molar-refractivity contribution in [3.05, 3.63) is 59.7 Å². The third kappa shape index (κ3) is 3.42. The first kappa shape index (κ1) is 14.9. The molecule has 116 valence electrons. The van der Waals surface area contributed by atoms with Gasteiger partial charge in [-0.25, -0.2) is 0 Å². The van der Waals surface area contributed by atoms with Crippen molar-refractivity contribution < 1.29 is 9.47 Å². The molecule has 0 radical (unpaired) electrons. The lowest BCUT2D eigenvalue weighted by Crippen LogP contribution is -2.25. The fourth-order valence-corrected chi connectivity index (χ4v) is 2.82. The van der Waals surface area contributed by atoms with Crippen molar-refractivity contribution in [2.45, 2.75) is 26.4 Å². The molecule has 3 heteroatoms. The predicted octanol–water partition coefficient (Wildman–Crippen LogP) is 3.94. The fourth-order valence-electron chi connectivity index (χ4n) is 2.82. The van der Waals surface area contributed by atoms with Crippen molar-refractivity contribution >= 4 is 0 Å². The Morgan fingerprint density at radius 3 is 2.41 bits per heavy atom. The Kier molecular flexibility index (Phi) is 4.64. The van der Waals surface area contributed by atoms with Crippen molar-refractivity contribution in [3.8, 4) is 11.5 Å². The van der Waals surface area contributed by atoms with E-state index in [1.54, 1.807) is 0 Å². The molecule has 0 saturated carbocycles. The molecule has 2 aromatic rings. The Labute approximate surface area is 132 Å². The molecule has 3 nitrogen and oxygen atoms in total. The van der Waals surface area contributed by atoms with Gasteiger partial charge in [-0.2, -0.15) is 0 Å². The number of ether oxygens (including phenoxy) is 2. The highest BCUT2D eigenvalue weighted by Gasteiger charge is 2.16. The van der Waals surface area contributed by atoms with E-state index in [1.165, 1.54) is 11.1 Å². The molecule has 1 atom stereocenters. The first-order chi connectivity index (χ1) is 10.7. The van der Waals surface area contributed by atoms with E-state index in [0.717, 1.165) is 18.0 Å². The lowest BCUT2D eigenvalue weighted by molar-refractivity contribution is 0.171. The van der Waals surface area contributed by atoms with Crippen LogP contribution in [-0.2, 0) is 6.54 Å². The quantitative estimate of drug-likeness (QED) is 0.906. The van der Waals surface area contributed by atoms with Crippen LogP contribution in [0.5, 0.6) is 11.5 Å². The summed E-state index contributed by atoms with van der Waals surface area (Å²) in [4.78, 5) is 0. The van der Waals surface area contributed by atoms with Gasteiger partial charge in [0, 0.05) is 12.6 Å². The molecule has 1 aliphatic heterocycles. The van der Waals surface area contributed by atoms with E-state index in [9.17, 15) is 0 Å². The van der Waals surface area contributed by atoms with E-state index >= 15 is 0 Å². The molecule has 1 heterocycles. The van der Waals surface area contributed by atoms with Crippen LogP contribution in [0.1, 0.15) is 31.0 Å². The standard InChI is InChI=1S/C19H23NO2/c1-14(2)19(16-6-4-3-5-7-16)20-13-15-8-9-17-18(12-15)22-11-10-21-17/h3-9,12,14,19-20H,10-11,13H2,1-2H3/t19-/m0/s1. The lowest BCUT2D eigenvalue weighted by Gasteiger charge is -2.24. The molecule has 1 aliphatic rings. The number of fused-ring (bicyclic) bond motifs is 1. The Hall–Kier alpha value is -2.00. The van der Waals surface area contributed by atoms with E-state index in [1.807, 2.05) is 6.07 Å². The zero-order chi connectivity index (χ0) is 15.4. The van der Waals surface area contributed by atoms with Crippen molar-refractivity contribution in [1.82, 2.24) is 5.32 Å². The van der Waals surface area contributed by atoms with Crippen LogP contribution in [0.4, 0.5) is 0 Å². The molecule has 0 aromatic heterocycles. The molecule has 22 heavy (non-hydrogen) atoms. The van der Waals surface area contributed by atoms with Crippen LogP contribution in [0, 0.1) is 5.92 Å². The number of nitrogens with one attached hydrogen (secondary N) is 1. The minimum Gasteiger partial charge on any atom is -0.486 e. The molecule has 1 N–H and O–H groups in total. The number of rotatable bonds is 5. The average molecular weight is 297 g/mol. The van der Waals surface area contributed by atoms with Crippen LogP contribution < -0.4 is 14.8 Å². The molecule has 3 rings (SSSR count). The smallest absolute Gasteiger partial charge is 0.161 e. The van der Waals surface area contributed by atoms with E-state index < -0.39 is 0 Å². The molecule has 0 saturated heterocycles. The minimum atomic E-state index is 0.342. The molecule has 0 aliphatic carbocycles. The van der Waals surface area contributed by atoms with Gasteiger partial charge in [0.15, 0.2) is 11.5 Å². The second-order valence-corrected chi connectivity index (χ2v) is 5.99. The second kappa shape index (κ2) is 6.84. The van der Waals surface area contributed by atoms with E-state index in [2.05, 4.69) is 61.6 Å². The van der Waals surface area contributed by atoms with Crippen LogP contribution in [0.2, 0.25) is 0 Å². The van der Waals surface area contributed by atoms with Gasteiger partial charge in [0.2, 0.25) is 0 Å². The third-order valence-electron chi connectivity index (χ3n) is 3.96. The summed E-state index contributed by atoms with van der Waals surface area (Å²) in [5.74, 6) is 2.23. The Morgan fingerprint density at radius 2 is 1.68 bits per heavy atom. The third-order valence-corrected chi connectivity index (χ3v) is 3.96. The highest BCUT2D eigenvalue weighted by molar-refractivity contribution is 5.43. The number of hydrogen-bond acceptors (Lipinski definition) is 3. The molecular formula is C19H23NO2. The van der Waals surface area contributed by atoms with Crippen molar-refractivity contribution in [3.63, 3.8) is 0 Å². The summed E-state index contributed by atoms with van der Waals surface area (Å²) in [6.45, 7) is 6.56. The van der Waals surface area contributed by atoms with Gasteiger partial charge in [0.25, 0.3) is 0 Å². The zero-order valence-electron chi connectivity index (χ0n) is 13.2. The van der Waals surface area contributed by atoms with E-state index in [4.69, 9.17) is 9.47 Å². The maximum absolute atomic E-state index is 5.65. The summed E-state index contributed by atoms with van der Waals surface area (Å²) >= 11 is 0. The molecule has 0 bridgehead atoms. The Balaban J connectivity index is 1.70. The number of hydrogen-bond donors (Lipinski definition) is 1. The summed E-state index contributed by atoms with van der Waals surface area (Å²) in [6.07, 6.45) is 0. The second-order valence-electron chi connectivity index (χ2n) is 5.99. The normalized spacial score (nSPS) is 14.9. The molecule has 0 fully saturated rings. The van der Waals surface area contributed by atoms with Gasteiger partial charge in [0.05, 0.1) is 0 Å². The summed E-state index contributed by atoms with van der Waals surface area (Å²) in [5.41, 5.74) is 2.54. The summed E-state index contributed by atoms with van der Waals surface area (Å²) < 4.78 is 11.2. The summed E-state index contributed by atoms with van der Waals surface area (Å²) in [6, 6.07) is 17.1. The Morgan fingerprint density at radius 1 is 0.955 bits per heavy atom. The van der Waals surface area contributed by atoms with Crippen molar-refractivity contribution in [1.29, 1.82) is 0 Å². The minimum absolute atomic E-state index is 0.342. The fraction of sp³-hybridized carbons (Fsp3) is 0.368. The van der Waals surface area contributed by atoms with Gasteiger partial charge in [0.1, 0.15) is 13.2 Å². The summed E-state index contributed by atoms with van der Waals surface area (Å²) in [5, 5.41) is 3.66. The molecule has 2 aromatic carbocycles. The monoisotopic (exact) mass is 297 g/mol. The highest BCUT2D eigenvalue weighted by atomic mass is 16.6. The lowest BCUT2D eigenvalue weighted by atomic mass is 9.96. The maximum atomic E-state index is 5.65. The highest BCUT2D eigenvalue weighted by Crippen LogP contribution is 2.31. The maximum Gasteiger partial charge on any atom is 0.161 e. The predicted molar refractivity (Wildman–Crippen MR) is 88.3 cm³/mol. The van der Waals surface area contributed by atoms with E-state index in [0.29, 0.717) is 25.2 Å². The van der Waals surface area contributed by atoms with Crippen molar-refractivity contribution in [2.24, 2.45) is 5.92 Å². The summed E-state index contributed by atoms with van der Waals surface area (Å²) in [7, 11) is 0. The van der Waals surface area contributed by atoms with Gasteiger partial charge in [-0.15, -0.1) is 0 Å². The van der Waals surface area contributed by atoms with Gasteiger partial charge in [-0.05, 0) is 29.2 Å². The first-order valence-electron chi connectivity index (χ1n) is 7.91. The zero-order valence-corrected chi connectivity index (χ0v) is 13.2. The van der Waals surface area contributed by atoms with E-state index in [-0.39, 0.29) is 0 Å². The molecular weight excluding hydrogens is 274 g/mol. The van der Waals surface area contributed by atoms with Gasteiger partial charge in [-0.1, -0.05) is 50.2 Å². The molecule has 0 amide bonds. The largest absolute Gasteiger partial charge is 0.486 e. The van der Waals surface area contributed by atoms with Gasteiger partial charge < -0.3 is 14.8 Å². The first-order valence-corrected chi connectivity index (χ1v) is 7.91. The Bertz CT molecular complexity index is 610. The van der Waals surface area contributed by atoms with Crippen LogP contribution in [0.3, 0.4) is 0 Å². The SMILES string of the molecule is CC(C)[C@H](NCc1ccc2c(c1)OCCO2)c1ccccc1.